The van der Waals surface area contributed by atoms with Crippen molar-refractivity contribution >= 4 is 17.9 Å². The van der Waals surface area contributed by atoms with Gasteiger partial charge in [-0.3, -0.25) is 14.4 Å². The van der Waals surface area contributed by atoms with Crippen molar-refractivity contribution in [3.8, 4) is 0 Å². The first-order chi connectivity index (χ1) is 29.0. The molecule has 0 saturated heterocycles. The summed E-state index contributed by atoms with van der Waals surface area (Å²) in [4.78, 5) is 37.8. The minimum atomic E-state index is -0.799. The fourth-order valence-electron chi connectivity index (χ4n) is 6.53. The van der Waals surface area contributed by atoms with Crippen molar-refractivity contribution in [3.05, 3.63) is 72.9 Å². The highest BCUT2D eigenvalue weighted by Gasteiger charge is 2.19. The van der Waals surface area contributed by atoms with E-state index in [2.05, 4.69) is 93.7 Å². The number of ether oxygens (including phenoxy) is 3. The summed E-state index contributed by atoms with van der Waals surface area (Å²) in [5.74, 6) is -0.968. The van der Waals surface area contributed by atoms with Gasteiger partial charge in [0.1, 0.15) is 13.2 Å². The van der Waals surface area contributed by atoms with E-state index >= 15 is 0 Å². The van der Waals surface area contributed by atoms with Gasteiger partial charge < -0.3 is 14.2 Å². The van der Waals surface area contributed by atoms with Gasteiger partial charge in [-0.2, -0.15) is 0 Å². The lowest BCUT2D eigenvalue weighted by molar-refractivity contribution is -0.167. The summed E-state index contributed by atoms with van der Waals surface area (Å²) in [7, 11) is 0. The Bertz CT molecular complexity index is 1130. The molecule has 1 atom stereocenters. The Morgan fingerprint density at radius 3 is 1.12 bits per heavy atom. The molecule has 0 aliphatic carbocycles. The van der Waals surface area contributed by atoms with Crippen LogP contribution in [0.25, 0.3) is 0 Å². The lowest BCUT2D eigenvalue weighted by Gasteiger charge is -2.18. The topological polar surface area (TPSA) is 78.9 Å². The molecule has 0 heterocycles. The summed E-state index contributed by atoms with van der Waals surface area (Å²) >= 11 is 0. The Labute approximate surface area is 363 Å². The molecule has 338 valence electrons. The SMILES string of the molecule is CC/C=C\C/C=C\C/C=C\C/C=C\C/C=C\CCCC(=O)OCC(COC(=O)CCCCCCCCCCCC)OC(=O)CCCCCCC/C=C\CCCCCCC. The van der Waals surface area contributed by atoms with Crippen LogP contribution in [0.15, 0.2) is 72.9 Å². The molecule has 0 saturated carbocycles. The van der Waals surface area contributed by atoms with Crippen LogP contribution in [-0.2, 0) is 28.6 Å². The summed E-state index contributed by atoms with van der Waals surface area (Å²) in [5.41, 5.74) is 0. The highest BCUT2D eigenvalue weighted by Crippen LogP contribution is 2.13. The van der Waals surface area contributed by atoms with Crippen molar-refractivity contribution in [2.45, 2.75) is 232 Å². The zero-order valence-electron chi connectivity index (χ0n) is 38.5. The zero-order chi connectivity index (χ0) is 43.0. The van der Waals surface area contributed by atoms with Crippen molar-refractivity contribution in [2.24, 2.45) is 0 Å². The van der Waals surface area contributed by atoms with E-state index in [1.807, 2.05) is 0 Å². The van der Waals surface area contributed by atoms with Crippen LogP contribution in [0.4, 0.5) is 0 Å². The molecular formula is C53H90O6. The Hall–Kier alpha value is -3.15. The smallest absolute Gasteiger partial charge is 0.306 e. The number of carbonyl (C=O) groups excluding carboxylic acids is 3. The molecule has 0 N–H and O–H groups in total. The molecule has 0 amide bonds. The first-order valence-electron chi connectivity index (χ1n) is 24.4. The molecule has 0 aliphatic heterocycles. The van der Waals surface area contributed by atoms with Gasteiger partial charge in [0.25, 0.3) is 0 Å². The Kier molecular flexibility index (Phi) is 45.0. The second-order valence-corrected chi connectivity index (χ2v) is 16.0. The minimum absolute atomic E-state index is 0.0953. The molecular weight excluding hydrogens is 733 g/mol. The Morgan fingerprint density at radius 1 is 0.356 bits per heavy atom. The number of rotatable bonds is 43. The third kappa shape index (κ3) is 45.8. The van der Waals surface area contributed by atoms with Crippen LogP contribution in [0.3, 0.4) is 0 Å². The molecule has 6 heteroatoms. The molecule has 0 bridgehead atoms. The molecule has 0 aromatic rings. The standard InChI is InChI=1S/C53H90O6/c1-4-7-10-13-16-19-22-24-26-27-28-30-31-34-37-40-43-46-52(55)58-49-50(48-57-51(54)45-42-39-36-33-21-18-15-12-9-6-3)59-53(56)47-44-41-38-35-32-29-25-23-20-17-14-11-8-5-2/h7,10,16,19,23-26,28,30,34,37,50H,4-6,8-9,11-15,17-18,20-22,27,29,31-33,35-36,38-49H2,1-3H3/b10-7-,19-16-,25-23-,26-24-,30-28-,37-34-. The second-order valence-electron chi connectivity index (χ2n) is 16.0. The first kappa shape index (κ1) is 55.9. The van der Waals surface area contributed by atoms with E-state index in [0.29, 0.717) is 19.3 Å². The van der Waals surface area contributed by atoms with Crippen LogP contribution < -0.4 is 0 Å². The lowest BCUT2D eigenvalue weighted by atomic mass is 10.1. The van der Waals surface area contributed by atoms with Crippen LogP contribution in [0, 0.1) is 0 Å². The van der Waals surface area contributed by atoms with Gasteiger partial charge in [0, 0.05) is 19.3 Å². The summed E-state index contributed by atoms with van der Waals surface area (Å²) < 4.78 is 16.7. The van der Waals surface area contributed by atoms with E-state index in [0.717, 1.165) is 89.9 Å². The number of esters is 3. The predicted octanol–water partition coefficient (Wildman–Crippen LogP) is 15.9. The van der Waals surface area contributed by atoms with Gasteiger partial charge >= 0.3 is 17.9 Å². The normalized spacial score (nSPS) is 12.7. The molecule has 0 aromatic carbocycles. The Balaban J connectivity index is 4.47. The van der Waals surface area contributed by atoms with E-state index in [1.54, 1.807) is 0 Å². The number of allylic oxidation sites excluding steroid dienone is 12. The molecule has 0 aliphatic rings. The van der Waals surface area contributed by atoms with E-state index in [1.165, 1.54) is 89.9 Å². The monoisotopic (exact) mass is 823 g/mol. The molecule has 0 fully saturated rings. The fourth-order valence-corrected chi connectivity index (χ4v) is 6.53. The van der Waals surface area contributed by atoms with Gasteiger partial charge in [0.2, 0.25) is 0 Å². The third-order valence-electron chi connectivity index (χ3n) is 10.2. The molecule has 0 radical (unpaired) electrons. The van der Waals surface area contributed by atoms with Crippen molar-refractivity contribution in [2.75, 3.05) is 13.2 Å². The van der Waals surface area contributed by atoms with Gasteiger partial charge in [-0.05, 0) is 83.5 Å². The zero-order valence-corrected chi connectivity index (χ0v) is 38.5. The van der Waals surface area contributed by atoms with Crippen molar-refractivity contribution in [1.29, 1.82) is 0 Å². The van der Waals surface area contributed by atoms with E-state index < -0.39 is 6.10 Å². The van der Waals surface area contributed by atoms with Crippen molar-refractivity contribution in [3.63, 3.8) is 0 Å². The maximum absolute atomic E-state index is 12.7. The molecule has 59 heavy (non-hydrogen) atoms. The highest BCUT2D eigenvalue weighted by atomic mass is 16.6. The summed E-state index contributed by atoms with van der Waals surface area (Å²) in [6.07, 6.45) is 58.9. The van der Waals surface area contributed by atoms with Crippen LogP contribution in [0.1, 0.15) is 226 Å². The van der Waals surface area contributed by atoms with Crippen LogP contribution in [0.5, 0.6) is 0 Å². The van der Waals surface area contributed by atoms with Crippen molar-refractivity contribution in [1.82, 2.24) is 0 Å². The van der Waals surface area contributed by atoms with Crippen LogP contribution >= 0.6 is 0 Å². The molecule has 0 rings (SSSR count). The fraction of sp³-hybridized carbons (Fsp3) is 0.717. The highest BCUT2D eigenvalue weighted by molar-refractivity contribution is 5.71. The number of hydrogen-bond donors (Lipinski definition) is 0. The summed E-state index contributed by atoms with van der Waals surface area (Å²) in [5, 5.41) is 0. The summed E-state index contributed by atoms with van der Waals surface area (Å²) in [6, 6.07) is 0. The maximum Gasteiger partial charge on any atom is 0.306 e. The number of unbranched alkanes of at least 4 members (excludes halogenated alkanes) is 20. The van der Waals surface area contributed by atoms with Crippen LogP contribution in [-0.4, -0.2) is 37.2 Å². The average molecular weight is 823 g/mol. The summed E-state index contributed by atoms with van der Waals surface area (Å²) in [6.45, 7) is 6.44. The predicted molar refractivity (Wildman–Crippen MR) is 251 cm³/mol. The van der Waals surface area contributed by atoms with Gasteiger partial charge in [0.05, 0.1) is 0 Å². The molecule has 6 nitrogen and oxygen atoms in total. The van der Waals surface area contributed by atoms with Crippen LogP contribution in [0.2, 0.25) is 0 Å². The molecule has 0 aromatic heterocycles. The maximum atomic E-state index is 12.7. The van der Waals surface area contributed by atoms with E-state index in [-0.39, 0.29) is 37.5 Å². The third-order valence-corrected chi connectivity index (χ3v) is 10.2. The first-order valence-corrected chi connectivity index (χ1v) is 24.4. The van der Waals surface area contributed by atoms with Gasteiger partial charge in [-0.15, -0.1) is 0 Å². The second kappa shape index (κ2) is 47.5. The molecule has 0 spiro atoms. The van der Waals surface area contributed by atoms with Gasteiger partial charge in [-0.1, -0.05) is 196 Å². The largest absolute Gasteiger partial charge is 0.462 e. The molecule has 1 unspecified atom stereocenters. The van der Waals surface area contributed by atoms with Gasteiger partial charge in [0.15, 0.2) is 6.10 Å². The Morgan fingerprint density at radius 2 is 0.678 bits per heavy atom. The quantitative estimate of drug-likeness (QED) is 0.0264. The van der Waals surface area contributed by atoms with Crippen molar-refractivity contribution < 1.29 is 28.6 Å². The van der Waals surface area contributed by atoms with E-state index in [4.69, 9.17) is 14.2 Å². The minimum Gasteiger partial charge on any atom is -0.462 e. The van der Waals surface area contributed by atoms with E-state index in [9.17, 15) is 14.4 Å². The number of hydrogen-bond acceptors (Lipinski definition) is 6. The van der Waals surface area contributed by atoms with Gasteiger partial charge in [-0.25, -0.2) is 0 Å². The average Bonchev–Trinajstić information content (AvgIpc) is 3.23. The lowest BCUT2D eigenvalue weighted by Crippen LogP contribution is -2.30. The number of carbonyl (C=O) groups is 3.